The van der Waals surface area contributed by atoms with Crippen molar-refractivity contribution < 1.29 is 4.52 Å². The zero-order valence-corrected chi connectivity index (χ0v) is 15.4. The number of anilines is 1. The quantitative estimate of drug-likeness (QED) is 0.529. The summed E-state index contributed by atoms with van der Waals surface area (Å²) in [5.41, 5.74) is 5.83. The molecular formula is C18H20N6OS. The van der Waals surface area contributed by atoms with Gasteiger partial charge in [-0.15, -0.1) is 11.3 Å². The molecule has 0 aliphatic carbocycles. The van der Waals surface area contributed by atoms with Gasteiger partial charge in [0.05, 0.1) is 18.5 Å². The van der Waals surface area contributed by atoms with Crippen LogP contribution in [0.25, 0.3) is 11.4 Å². The zero-order chi connectivity index (χ0) is 17.8. The summed E-state index contributed by atoms with van der Waals surface area (Å²) in [6, 6.07) is 7.90. The molecule has 0 amide bonds. The summed E-state index contributed by atoms with van der Waals surface area (Å²) in [6.45, 7) is 4.92. The van der Waals surface area contributed by atoms with E-state index in [-0.39, 0.29) is 0 Å². The van der Waals surface area contributed by atoms with Crippen LogP contribution < -0.4 is 5.43 Å². The monoisotopic (exact) mass is 368 g/mol. The van der Waals surface area contributed by atoms with Crippen molar-refractivity contribution in [2.24, 2.45) is 5.10 Å². The molecule has 2 aromatic heterocycles. The number of likely N-dealkylation sites (tertiary alicyclic amines) is 1. The van der Waals surface area contributed by atoms with Crippen molar-refractivity contribution in [2.45, 2.75) is 26.3 Å². The summed E-state index contributed by atoms with van der Waals surface area (Å²) in [5, 5.41) is 11.1. The first kappa shape index (κ1) is 16.9. The second-order valence-corrected chi connectivity index (χ2v) is 7.14. The molecule has 1 aliphatic rings. The molecule has 0 bridgehead atoms. The highest BCUT2D eigenvalue weighted by atomic mass is 32.1. The van der Waals surface area contributed by atoms with Gasteiger partial charge in [0.25, 0.3) is 0 Å². The van der Waals surface area contributed by atoms with Crippen LogP contribution in [-0.2, 0) is 6.54 Å². The molecule has 8 heteroatoms. The minimum absolute atomic E-state index is 0.624. The Hall–Kier alpha value is -2.58. The maximum absolute atomic E-state index is 5.38. The fourth-order valence-electron chi connectivity index (χ4n) is 2.85. The molecular weight excluding hydrogens is 348 g/mol. The number of hydrogen-bond donors (Lipinski definition) is 1. The van der Waals surface area contributed by atoms with E-state index in [1.807, 2.05) is 36.6 Å². The van der Waals surface area contributed by atoms with Gasteiger partial charge in [0.1, 0.15) is 0 Å². The van der Waals surface area contributed by atoms with E-state index in [0.29, 0.717) is 11.7 Å². The summed E-state index contributed by atoms with van der Waals surface area (Å²) in [6.07, 6.45) is 4.26. The van der Waals surface area contributed by atoms with Crippen LogP contribution in [0.4, 0.5) is 5.13 Å². The SMILES string of the molecule is Cc1csc(NN=Cc2ccc(-c3noc(CN4CCCC4)n3)cc2)n1. The largest absolute Gasteiger partial charge is 0.338 e. The average molecular weight is 368 g/mol. The van der Waals surface area contributed by atoms with Crippen molar-refractivity contribution in [3.8, 4) is 11.4 Å². The van der Waals surface area contributed by atoms with E-state index in [4.69, 9.17) is 4.52 Å². The minimum Gasteiger partial charge on any atom is -0.338 e. The summed E-state index contributed by atoms with van der Waals surface area (Å²) in [7, 11) is 0. The third kappa shape index (κ3) is 4.14. The van der Waals surface area contributed by atoms with Crippen LogP contribution in [0.5, 0.6) is 0 Å². The van der Waals surface area contributed by atoms with Crippen LogP contribution in [0.3, 0.4) is 0 Å². The van der Waals surface area contributed by atoms with Gasteiger partial charge in [0.2, 0.25) is 16.8 Å². The first-order valence-electron chi connectivity index (χ1n) is 8.63. The van der Waals surface area contributed by atoms with Crippen LogP contribution in [0, 0.1) is 6.92 Å². The molecule has 0 saturated carbocycles. The fraction of sp³-hybridized carbons (Fsp3) is 0.333. The van der Waals surface area contributed by atoms with Gasteiger partial charge >= 0.3 is 0 Å². The predicted molar refractivity (Wildman–Crippen MR) is 102 cm³/mol. The summed E-state index contributed by atoms with van der Waals surface area (Å²) in [4.78, 5) is 11.1. The molecule has 1 aliphatic heterocycles. The van der Waals surface area contributed by atoms with Gasteiger partial charge in [-0.1, -0.05) is 29.4 Å². The Balaban J connectivity index is 1.37. The predicted octanol–water partition coefficient (Wildman–Crippen LogP) is 3.54. The number of aromatic nitrogens is 3. The lowest BCUT2D eigenvalue weighted by molar-refractivity contribution is 0.268. The third-order valence-corrected chi connectivity index (χ3v) is 5.05. The fourth-order valence-corrected chi connectivity index (χ4v) is 3.49. The van der Waals surface area contributed by atoms with Gasteiger partial charge in [0.15, 0.2) is 0 Å². The molecule has 0 radical (unpaired) electrons. The van der Waals surface area contributed by atoms with Gasteiger partial charge in [-0.3, -0.25) is 10.3 Å². The number of thiazole rings is 1. The minimum atomic E-state index is 0.624. The topological polar surface area (TPSA) is 79.4 Å². The van der Waals surface area contributed by atoms with Gasteiger partial charge in [-0.2, -0.15) is 10.1 Å². The first-order chi connectivity index (χ1) is 12.8. The highest BCUT2D eigenvalue weighted by Crippen LogP contribution is 2.18. The lowest BCUT2D eigenvalue weighted by atomic mass is 10.1. The molecule has 1 N–H and O–H groups in total. The molecule has 0 spiro atoms. The van der Waals surface area contributed by atoms with E-state index in [0.717, 1.165) is 41.6 Å². The first-order valence-corrected chi connectivity index (χ1v) is 9.51. The summed E-state index contributed by atoms with van der Waals surface area (Å²) < 4.78 is 5.38. The molecule has 0 unspecified atom stereocenters. The molecule has 134 valence electrons. The number of nitrogens with one attached hydrogen (secondary N) is 1. The third-order valence-electron chi connectivity index (χ3n) is 4.19. The highest BCUT2D eigenvalue weighted by molar-refractivity contribution is 7.13. The number of benzene rings is 1. The van der Waals surface area contributed by atoms with Crippen LogP contribution in [0.1, 0.15) is 30.0 Å². The van der Waals surface area contributed by atoms with Crippen molar-refractivity contribution >= 4 is 22.7 Å². The molecule has 1 aromatic carbocycles. The molecule has 1 fully saturated rings. The normalized spacial score (nSPS) is 15.1. The van der Waals surface area contributed by atoms with Gasteiger partial charge in [-0.25, -0.2) is 4.98 Å². The lowest BCUT2D eigenvalue weighted by Crippen LogP contribution is -2.18. The summed E-state index contributed by atoms with van der Waals surface area (Å²) in [5.74, 6) is 1.30. The number of aryl methyl sites for hydroxylation is 1. The molecule has 3 aromatic rings. The molecule has 3 heterocycles. The molecule has 0 atom stereocenters. The second kappa shape index (κ2) is 7.76. The molecule has 4 rings (SSSR count). The molecule has 7 nitrogen and oxygen atoms in total. The van der Waals surface area contributed by atoms with Crippen LogP contribution in [-0.4, -0.2) is 39.3 Å². The average Bonchev–Trinajstić information content (AvgIpc) is 3.39. The Morgan fingerprint density at radius 3 is 2.77 bits per heavy atom. The van der Waals surface area contributed by atoms with E-state index in [1.165, 1.54) is 24.2 Å². The van der Waals surface area contributed by atoms with E-state index in [9.17, 15) is 0 Å². The van der Waals surface area contributed by atoms with E-state index in [2.05, 4.69) is 30.6 Å². The molecule has 26 heavy (non-hydrogen) atoms. The Morgan fingerprint density at radius 2 is 2.04 bits per heavy atom. The maximum atomic E-state index is 5.38. The van der Waals surface area contributed by atoms with Crippen LogP contribution in [0.15, 0.2) is 39.3 Å². The van der Waals surface area contributed by atoms with E-state index in [1.54, 1.807) is 6.21 Å². The number of rotatable bonds is 6. The smallest absolute Gasteiger partial charge is 0.241 e. The van der Waals surface area contributed by atoms with Crippen molar-refractivity contribution in [1.82, 2.24) is 20.0 Å². The highest BCUT2D eigenvalue weighted by Gasteiger charge is 2.16. The van der Waals surface area contributed by atoms with E-state index >= 15 is 0 Å². The van der Waals surface area contributed by atoms with Crippen LogP contribution >= 0.6 is 11.3 Å². The van der Waals surface area contributed by atoms with Gasteiger partial charge in [-0.05, 0) is 38.4 Å². The Kier molecular flexibility index (Phi) is 5.03. The van der Waals surface area contributed by atoms with Crippen molar-refractivity contribution in [1.29, 1.82) is 0 Å². The summed E-state index contributed by atoms with van der Waals surface area (Å²) >= 11 is 1.53. The Bertz CT molecular complexity index is 879. The number of hydrogen-bond acceptors (Lipinski definition) is 8. The molecule has 1 saturated heterocycles. The lowest BCUT2D eigenvalue weighted by Gasteiger charge is -2.09. The second-order valence-electron chi connectivity index (χ2n) is 6.28. The number of nitrogens with zero attached hydrogens (tertiary/aromatic N) is 5. The maximum Gasteiger partial charge on any atom is 0.241 e. The Morgan fingerprint density at radius 1 is 1.23 bits per heavy atom. The van der Waals surface area contributed by atoms with Crippen molar-refractivity contribution in [3.05, 3.63) is 46.8 Å². The van der Waals surface area contributed by atoms with Crippen molar-refractivity contribution in [3.63, 3.8) is 0 Å². The van der Waals surface area contributed by atoms with E-state index < -0.39 is 0 Å². The van der Waals surface area contributed by atoms with Gasteiger partial charge in [0, 0.05) is 10.9 Å². The standard InChI is InChI=1S/C18H20N6OS/c1-13-12-26-18(20-13)22-19-10-14-4-6-15(7-5-14)17-21-16(25-23-17)11-24-8-2-3-9-24/h4-7,10,12H,2-3,8-9,11H2,1H3,(H,20,22). The zero-order valence-electron chi connectivity index (χ0n) is 14.6. The van der Waals surface area contributed by atoms with Gasteiger partial charge < -0.3 is 4.52 Å². The Labute approximate surface area is 155 Å². The number of hydrazone groups is 1. The van der Waals surface area contributed by atoms with Crippen molar-refractivity contribution in [2.75, 3.05) is 18.5 Å². The van der Waals surface area contributed by atoms with Crippen LogP contribution in [0.2, 0.25) is 0 Å².